The van der Waals surface area contributed by atoms with Gasteiger partial charge in [-0.05, 0) is 28.1 Å². The lowest BCUT2D eigenvalue weighted by Gasteiger charge is -2.10. The Hall–Kier alpha value is -1.19. The largest absolute Gasteiger partial charge is 0.281 e. The molecule has 2 aromatic rings. The first-order valence-corrected chi connectivity index (χ1v) is 10.4. The smallest absolute Gasteiger partial charge is 0.233 e. The Morgan fingerprint density at radius 3 is 2.57 bits per heavy atom. The Labute approximate surface area is 131 Å². The summed E-state index contributed by atoms with van der Waals surface area (Å²) < 4.78 is 49.2. The molecule has 1 heterocycles. The molecule has 0 amide bonds. The molecule has 0 aliphatic rings. The molecule has 0 radical (unpaired) electrons. The van der Waals surface area contributed by atoms with E-state index in [1.165, 1.54) is 0 Å². The number of sulfonamides is 1. The maximum absolute atomic E-state index is 11.9. The summed E-state index contributed by atoms with van der Waals surface area (Å²) in [6.45, 7) is 0. The summed E-state index contributed by atoms with van der Waals surface area (Å²) in [7, 11) is -7.09. The number of nitrogens with one attached hydrogen (secondary N) is 1. The van der Waals surface area contributed by atoms with Crippen LogP contribution in [-0.2, 0) is 19.9 Å². The highest BCUT2D eigenvalue weighted by Gasteiger charge is 2.16. The number of anilines is 1. The van der Waals surface area contributed by atoms with E-state index < -0.39 is 31.4 Å². The minimum Gasteiger partial charge on any atom is -0.281 e. The molecule has 0 bridgehead atoms. The summed E-state index contributed by atoms with van der Waals surface area (Å²) in [5.74, 6) is -0.912. The van der Waals surface area contributed by atoms with Crippen LogP contribution in [0.2, 0.25) is 0 Å². The molecule has 1 aromatic heterocycles. The predicted octanol–water partition coefficient (Wildman–Crippen LogP) is 1.78. The molecule has 2 rings (SSSR count). The number of benzene rings is 1. The minimum atomic E-state index is -3.75. The van der Waals surface area contributed by atoms with Gasteiger partial charge in [0.05, 0.1) is 22.7 Å². The second-order valence-corrected chi connectivity index (χ2v) is 9.60. The normalized spacial score (nSPS) is 12.5. The molecule has 0 unspecified atom stereocenters. The van der Waals surface area contributed by atoms with E-state index in [2.05, 4.69) is 25.6 Å². The molecule has 114 valence electrons. The van der Waals surface area contributed by atoms with Crippen LogP contribution >= 0.6 is 15.9 Å². The number of para-hydroxylation sites is 1. The maximum Gasteiger partial charge on any atom is 0.233 e. The van der Waals surface area contributed by atoms with Gasteiger partial charge in [-0.3, -0.25) is 9.71 Å². The van der Waals surface area contributed by atoms with E-state index in [9.17, 15) is 16.8 Å². The summed E-state index contributed by atoms with van der Waals surface area (Å²) in [4.78, 5) is 4.18. The average Bonchev–Trinajstić information content (AvgIpc) is 2.35. The Bertz CT molecular complexity index is 879. The van der Waals surface area contributed by atoms with E-state index in [0.29, 0.717) is 11.2 Å². The van der Waals surface area contributed by atoms with E-state index >= 15 is 0 Å². The van der Waals surface area contributed by atoms with Gasteiger partial charge < -0.3 is 0 Å². The van der Waals surface area contributed by atoms with Crippen molar-refractivity contribution < 1.29 is 16.8 Å². The lowest BCUT2D eigenvalue weighted by Crippen LogP contribution is -2.22. The first-order chi connectivity index (χ1) is 9.66. The zero-order valence-corrected chi connectivity index (χ0v) is 14.3. The molecule has 0 fully saturated rings. The molecular weight excluding hydrogens is 380 g/mol. The van der Waals surface area contributed by atoms with E-state index in [4.69, 9.17) is 0 Å². The average molecular weight is 393 g/mol. The topological polar surface area (TPSA) is 93.2 Å². The maximum atomic E-state index is 11.9. The number of hydrogen-bond donors (Lipinski definition) is 1. The van der Waals surface area contributed by atoms with Crippen LogP contribution in [0.4, 0.5) is 5.69 Å². The molecule has 0 aliphatic carbocycles. The number of halogens is 1. The van der Waals surface area contributed by atoms with Crippen molar-refractivity contribution in [3.05, 3.63) is 34.9 Å². The van der Waals surface area contributed by atoms with Crippen LogP contribution in [0.15, 0.2) is 34.9 Å². The highest BCUT2D eigenvalue weighted by molar-refractivity contribution is 9.10. The number of rotatable bonds is 5. The fourth-order valence-electron chi connectivity index (χ4n) is 1.70. The Morgan fingerprint density at radius 2 is 1.90 bits per heavy atom. The van der Waals surface area contributed by atoms with E-state index in [1.54, 1.807) is 24.4 Å². The van der Waals surface area contributed by atoms with Crippen LogP contribution in [0.25, 0.3) is 10.9 Å². The molecule has 0 aliphatic heterocycles. The third-order valence-electron chi connectivity index (χ3n) is 2.67. The second-order valence-electron chi connectivity index (χ2n) is 4.58. The van der Waals surface area contributed by atoms with Gasteiger partial charge in [0, 0.05) is 22.3 Å². The van der Waals surface area contributed by atoms with Crippen LogP contribution in [-0.4, -0.2) is 39.6 Å². The van der Waals surface area contributed by atoms with Crippen LogP contribution in [0.1, 0.15) is 0 Å². The molecule has 1 aromatic carbocycles. The number of fused-ring (bicyclic) bond motifs is 1. The van der Waals surface area contributed by atoms with Gasteiger partial charge >= 0.3 is 0 Å². The van der Waals surface area contributed by atoms with Crippen molar-refractivity contribution in [3.8, 4) is 0 Å². The quantitative estimate of drug-likeness (QED) is 0.836. The lowest BCUT2D eigenvalue weighted by atomic mass is 10.2. The summed E-state index contributed by atoms with van der Waals surface area (Å²) in [6, 6.07) is 6.91. The lowest BCUT2D eigenvalue weighted by molar-refractivity contribution is 0.593. The van der Waals surface area contributed by atoms with Crippen molar-refractivity contribution in [2.45, 2.75) is 0 Å². The number of nitrogens with zero attached hydrogens (tertiary/aromatic N) is 1. The molecule has 21 heavy (non-hydrogen) atoms. The zero-order valence-electron chi connectivity index (χ0n) is 11.1. The second kappa shape index (κ2) is 5.90. The van der Waals surface area contributed by atoms with E-state index in [-0.39, 0.29) is 0 Å². The third-order valence-corrected chi connectivity index (χ3v) is 5.58. The van der Waals surface area contributed by atoms with Crippen molar-refractivity contribution in [2.24, 2.45) is 0 Å². The van der Waals surface area contributed by atoms with Gasteiger partial charge in [0.2, 0.25) is 10.0 Å². The van der Waals surface area contributed by atoms with Gasteiger partial charge in [0.15, 0.2) is 0 Å². The highest BCUT2D eigenvalue weighted by atomic mass is 79.9. The zero-order chi connectivity index (χ0) is 15.7. The fraction of sp³-hybridized carbons (Fsp3) is 0.250. The molecule has 6 nitrogen and oxygen atoms in total. The summed E-state index contributed by atoms with van der Waals surface area (Å²) in [5.41, 5.74) is 0.831. The summed E-state index contributed by atoms with van der Waals surface area (Å²) >= 11 is 3.30. The molecule has 0 saturated carbocycles. The first-order valence-electron chi connectivity index (χ1n) is 5.89. The van der Waals surface area contributed by atoms with E-state index in [0.717, 1.165) is 16.1 Å². The van der Waals surface area contributed by atoms with Crippen LogP contribution < -0.4 is 4.72 Å². The molecular formula is C12H13BrN2O4S2. The highest BCUT2D eigenvalue weighted by Crippen LogP contribution is 2.24. The molecule has 9 heteroatoms. The van der Waals surface area contributed by atoms with E-state index in [1.807, 2.05) is 6.07 Å². The van der Waals surface area contributed by atoms with Crippen molar-refractivity contribution in [2.75, 3.05) is 22.5 Å². The molecule has 0 atom stereocenters. The van der Waals surface area contributed by atoms with Gasteiger partial charge in [-0.1, -0.05) is 12.1 Å². The van der Waals surface area contributed by atoms with Crippen LogP contribution in [0.3, 0.4) is 0 Å². The summed E-state index contributed by atoms with van der Waals surface area (Å²) in [6.07, 6.45) is 2.57. The van der Waals surface area contributed by atoms with Crippen LogP contribution in [0, 0.1) is 0 Å². The third kappa shape index (κ3) is 4.65. The standard InChI is InChI=1S/C12H13BrN2O4S2/c1-20(16,17)5-6-21(18,19)15-11-4-2-3-9-7-10(13)8-14-12(9)11/h2-4,7-8,15H,5-6H2,1H3. The Morgan fingerprint density at radius 1 is 1.19 bits per heavy atom. The number of sulfone groups is 1. The van der Waals surface area contributed by atoms with Gasteiger partial charge in [0.25, 0.3) is 0 Å². The van der Waals surface area contributed by atoms with Crippen molar-refractivity contribution in [3.63, 3.8) is 0 Å². The van der Waals surface area contributed by atoms with Crippen molar-refractivity contribution in [1.29, 1.82) is 0 Å². The Balaban J connectivity index is 2.31. The number of aromatic nitrogens is 1. The van der Waals surface area contributed by atoms with Crippen LogP contribution in [0.5, 0.6) is 0 Å². The summed E-state index contributed by atoms with van der Waals surface area (Å²) in [5, 5.41) is 0.771. The van der Waals surface area contributed by atoms with Gasteiger partial charge in [-0.2, -0.15) is 0 Å². The predicted molar refractivity (Wildman–Crippen MR) is 86.6 cm³/mol. The van der Waals surface area contributed by atoms with Gasteiger partial charge in [0.1, 0.15) is 9.84 Å². The SMILES string of the molecule is CS(=O)(=O)CCS(=O)(=O)Nc1cccc2cc(Br)cnc12. The van der Waals surface area contributed by atoms with Crippen molar-refractivity contribution >= 4 is 52.4 Å². The monoisotopic (exact) mass is 392 g/mol. The molecule has 0 saturated heterocycles. The fourth-order valence-corrected chi connectivity index (χ4v) is 4.74. The first kappa shape index (κ1) is 16.2. The molecule has 0 spiro atoms. The Kier molecular flexibility index (Phi) is 4.54. The molecule has 1 N–H and O–H groups in total. The van der Waals surface area contributed by atoms with Crippen molar-refractivity contribution in [1.82, 2.24) is 4.98 Å². The van der Waals surface area contributed by atoms with Gasteiger partial charge in [-0.15, -0.1) is 0 Å². The number of hydrogen-bond acceptors (Lipinski definition) is 5. The van der Waals surface area contributed by atoms with Gasteiger partial charge in [-0.25, -0.2) is 16.8 Å². The number of pyridine rings is 1. The minimum absolute atomic E-state index is 0.327.